The second-order valence-corrected chi connectivity index (χ2v) is 4.85. The average Bonchev–Trinajstić information content (AvgIpc) is 2.41. The van der Waals surface area contributed by atoms with Crippen LogP contribution in [0.4, 0.5) is 0 Å². The van der Waals surface area contributed by atoms with Crippen molar-refractivity contribution < 1.29 is 18.9 Å². The molecular formula is C14H21NO4. The maximum absolute atomic E-state index is 5.78. The first-order valence-corrected chi connectivity index (χ1v) is 6.26. The second kappa shape index (κ2) is 5.36. The second-order valence-electron chi connectivity index (χ2n) is 4.85. The highest BCUT2D eigenvalue weighted by Crippen LogP contribution is 2.38. The third-order valence-electron chi connectivity index (χ3n) is 3.37. The zero-order valence-electron chi connectivity index (χ0n) is 11.9. The molecule has 0 bridgehead atoms. The number of hydrogen-bond acceptors (Lipinski definition) is 5. The van der Waals surface area contributed by atoms with Crippen LogP contribution in [0.15, 0.2) is 12.1 Å². The molecule has 106 valence electrons. The van der Waals surface area contributed by atoms with Crippen molar-refractivity contribution in [2.45, 2.75) is 25.7 Å². The minimum Gasteiger partial charge on any atom is -0.493 e. The molecule has 0 radical (unpaired) electrons. The fraction of sp³-hybridized carbons (Fsp3) is 0.571. The highest BCUT2D eigenvalue weighted by molar-refractivity contribution is 5.48. The van der Waals surface area contributed by atoms with E-state index in [9.17, 15) is 0 Å². The van der Waals surface area contributed by atoms with Crippen molar-refractivity contribution in [1.82, 2.24) is 0 Å². The molecule has 5 heteroatoms. The van der Waals surface area contributed by atoms with E-state index in [2.05, 4.69) is 0 Å². The van der Waals surface area contributed by atoms with Crippen LogP contribution in [-0.2, 0) is 15.3 Å². The smallest absolute Gasteiger partial charge is 0.192 e. The Kier molecular flexibility index (Phi) is 3.99. The van der Waals surface area contributed by atoms with Gasteiger partial charge < -0.3 is 24.7 Å². The van der Waals surface area contributed by atoms with Gasteiger partial charge in [0.25, 0.3) is 0 Å². The van der Waals surface area contributed by atoms with Crippen molar-refractivity contribution in [3.63, 3.8) is 0 Å². The van der Waals surface area contributed by atoms with Crippen LogP contribution >= 0.6 is 0 Å². The molecule has 2 rings (SSSR count). The van der Waals surface area contributed by atoms with Crippen LogP contribution < -0.4 is 15.2 Å². The van der Waals surface area contributed by atoms with Crippen molar-refractivity contribution in [2.75, 3.05) is 27.4 Å². The molecule has 0 unspecified atom stereocenters. The van der Waals surface area contributed by atoms with Crippen molar-refractivity contribution in [3.8, 4) is 11.5 Å². The highest BCUT2D eigenvalue weighted by Gasteiger charge is 2.35. The first kappa shape index (κ1) is 14.1. The Morgan fingerprint density at radius 3 is 2.21 bits per heavy atom. The van der Waals surface area contributed by atoms with Crippen molar-refractivity contribution in [3.05, 3.63) is 23.3 Å². The van der Waals surface area contributed by atoms with Gasteiger partial charge in [-0.15, -0.1) is 0 Å². The van der Waals surface area contributed by atoms with Gasteiger partial charge in [-0.25, -0.2) is 0 Å². The van der Waals surface area contributed by atoms with E-state index in [4.69, 9.17) is 24.7 Å². The summed E-state index contributed by atoms with van der Waals surface area (Å²) in [6, 6.07) is 3.74. The molecule has 2 N–H and O–H groups in total. The van der Waals surface area contributed by atoms with Crippen molar-refractivity contribution in [1.29, 1.82) is 0 Å². The summed E-state index contributed by atoms with van der Waals surface area (Å²) in [5, 5.41) is 0. The predicted molar refractivity (Wildman–Crippen MR) is 71.5 cm³/mol. The molecule has 5 nitrogen and oxygen atoms in total. The number of nitrogens with two attached hydrogens (primary N) is 1. The molecule has 1 aliphatic heterocycles. The minimum atomic E-state index is -0.792. The largest absolute Gasteiger partial charge is 0.493 e. The van der Waals surface area contributed by atoms with Crippen LogP contribution in [0.25, 0.3) is 0 Å². The summed E-state index contributed by atoms with van der Waals surface area (Å²) >= 11 is 0. The lowest BCUT2D eigenvalue weighted by molar-refractivity contribution is -0.270. The molecule has 0 aromatic heterocycles. The van der Waals surface area contributed by atoms with E-state index in [1.54, 1.807) is 14.2 Å². The Morgan fingerprint density at radius 1 is 1.16 bits per heavy atom. The molecule has 0 spiro atoms. The third kappa shape index (κ3) is 2.68. The molecule has 1 aromatic carbocycles. The first-order chi connectivity index (χ1) is 9.00. The summed E-state index contributed by atoms with van der Waals surface area (Å²) in [6.45, 7) is 4.84. The topological polar surface area (TPSA) is 62.9 Å². The van der Waals surface area contributed by atoms with Gasteiger partial charge in [0, 0.05) is 5.56 Å². The zero-order chi connectivity index (χ0) is 14.0. The molecule has 0 saturated carbocycles. The van der Waals surface area contributed by atoms with Gasteiger partial charge in [-0.2, -0.15) is 0 Å². The van der Waals surface area contributed by atoms with E-state index in [-0.39, 0.29) is 6.04 Å². The van der Waals surface area contributed by atoms with Gasteiger partial charge in [-0.05, 0) is 31.5 Å². The Balaban J connectivity index is 2.39. The molecule has 1 fully saturated rings. The summed E-state index contributed by atoms with van der Waals surface area (Å²) < 4.78 is 22.2. The number of aryl methyl sites for hydroxylation is 1. The fourth-order valence-electron chi connectivity index (χ4n) is 2.25. The number of rotatable bonds is 3. The lowest BCUT2D eigenvalue weighted by Gasteiger charge is -2.37. The van der Waals surface area contributed by atoms with Gasteiger partial charge in [-0.3, -0.25) is 0 Å². The maximum atomic E-state index is 5.78. The Morgan fingerprint density at radius 2 is 1.68 bits per heavy atom. The van der Waals surface area contributed by atoms with E-state index in [0.29, 0.717) is 24.7 Å². The fourth-order valence-corrected chi connectivity index (χ4v) is 2.25. The summed E-state index contributed by atoms with van der Waals surface area (Å²) in [5.41, 5.74) is 7.73. The van der Waals surface area contributed by atoms with Crippen LogP contribution in [0.3, 0.4) is 0 Å². The predicted octanol–water partition coefficient (Wildman–Crippen LogP) is 1.56. The van der Waals surface area contributed by atoms with E-state index >= 15 is 0 Å². The van der Waals surface area contributed by atoms with E-state index < -0.39 is 5.79 Å². The van der Waals surface area contributed by atoms with Crippen molar-refractivity contribution >= 4 is 0 Å². The van der Waals surface area contributed by atoms with Crippen LogP contribution in [-0.4, -0.2) is 33.5 Å². The zero-order valence-corrected chi connectivity index (χ0v) is 11.9. The van der Waals surface area contributed by atoms with Gasteiger partial charge in [0.05, 0.1) is 33.5 Å². The minimum absolute atomic E-state index is 0.0754. The molecule has 1 saturated heterocycles. The summed E-state index contributed by atoms with van der Waals surface area (Å²) in [4.78, 5) is 0. The average molecular weight is 267 g/mol. The number of hydrogen-bond donors (Lipinski definition) is 1. The Hall–Kier alpha value is -1.30. The molecule has 1 aromatic rings. The standard InChI is InChI=1S/C14H21NO4/c1-9-5-12(16-3)13(17-4)6-11(9)14(2)18-7-10(15)8-19-14/h5-6,10H,7-8,15H2,1-4H3. The van der Waals surface area contributed by atoms with Crippen LogP contribution in [0.5, 0.6) is 11.5 Å². The van der Waals surface area contributed by atoms with Gasteiger partial charge in [0.15, 0.2) is 17.3 Å². The lowest BCUT2D eigenvalue weighted by Crippen LogP contribution is -2.46. The molecule has 0 aliphatic carbocycles. The molecular weight excluding hydrogens is 246 g/mol. The summed E-state index contributed by atoms with van der Waals surface area (Å²) in [6.07, 6.45) is 0. The summed E-state index contributed by atoms with van der Waals surface area (Å²) in [7, 11) is 3.23. The van der Waals surface area contributed by atoms with Crippen LogP contribution in [0, 0.1) is 6.92 Å². The van der Waals surface area contributed by atoms with Gasteiger partial charge in [-0.1, -0.05) is 0 Å². The highest BCUT2D eigenvalue weighted by atomic mass is 16.7. The van der Waals surface area contributed by atoms with Gasteiger partial charge in [0.2, 0.25) is 0 Å². The molecule has 0 amide bonds. The van der Waals surface area contributed by atoms with Crippen LogP contribution in [0.1, 0.15) is 18.1 Å². The molecule has 1 heterocycles. The normalized spacial score (nSPS) is 27.1. The van der Waals surface area contributed by atoms with Gasteiger partial charge in [0.1, 0.15) is 0 Å². The van der Waals surface area contributed by atoms with Crippen LogP contribution in [0.2, 0.25) is 0 Å². The third-order valence-corrected chi connectivity index (χ3v) is 3.37. The van der Waals surface area contributed by atoms with E-state index in [1.165, 1.54) is 0 Å². The lowest BCUT2D eigenvalue weighted by atomic mass is 9.99. The maximum Gasteiger partial charge on any atom is 0.192 e. The first-order valence-electron chi connectivity index (χ1n) is 6.26. The Labute approximate surface area is 113 Å². The number of ether oxygens (including phenoxy) is 4. The molecule has 0 atom stereocenters. The SMILES string of the molecule is COc1cc(C)c(C2(C)OCC(N)CO2)cc1OC. The Bertz CT molecular complexity index is 453. The summed E-state index contributed by atoms with van der Waals surface area (Å²) in [5.74, 6) is 0.561. The van der Waals surface area contributed by atoms with Crippen molar-refractivity contribution in [2.24, 2.45) is 5.73 Å². The molecule has 19 heavy (non-hydrogen) atoms. The quantitative estimate of drug-likeness (QED) is 0.900. The molecule has 1 aliphatic rings. The van der Waals surface area contributed by atoms with Gasteiger partial charge >= 0.3 is 0 Å². The number of benzene rings is 1. The van der Waals surface area contributed by atoms with E-state index in [1.807, 2.05) is 26.0 Å². The number of methoxy groups -OCH3 is 2. The van der Waals surface area contributed by atoms with E-state index in [0.717, 1.165) is 11.1 Å². The monoisotopic (exact) mass is 267 g/mol.